The average molecular weight is 359 g/mol. The van der Waals surface area contributed by atoms with Gasteiger partial charge >= 0.3 is 0 Å². The number of hydrogen-bond donors (Lipinski definition) is 1. The lowest BCUT2D eigenvalue weighted by Gasteiger charge is -2.07. The molecule has 2 nitrogen and oxygen atoms in total. The first-order valence-electron chi connectivity index (χ1n) is 5.49. The van der Waals surface area contributed by atoms with Crippen molar-refractivity contribution in [1.82, 2.24) is 0 Å². The minimum atomic E-state index is -0.208. The van der Waals surface area contributed by atoms with Crippen molar-refractivity contribution in [2.75, 3.05) is 5.32 Å². The lowest BCUT2D eigenvalue weighted by atomic mass is 10.1. The van der Waals surface area contributed by atoms with Crippen LogP contribution in [-0.2, 0) is 0 Å². The molecule has 0 aliphatic rings. The predicted molar refractivity (Wildman–Crippen MR) is 83.3 cm³/mol. The molecule has 0 fully saturated rings. The number of aryl methyl sites for hydroxylation is 1. The number of carbonyl (C=O) groups excluding carboxylic acids is 1. The first-order chi connectivity index (χ1) is 8.95. The van der Waals surface area contributed by atoms with Gasteiger partial charge in [-0.1, -0.05) is 23.2 Å². The molecule has 0 aliphatic carbocycles. The van der Waals surface area contributed by atoms with E-state index in [0.717, 1.165) is 10.0 Å². The molecule has 98 valence electrons. The minimum absolute atomic E-state index is 0.208. The summed E-state index contributed by atoms with van der Waals surface area (Å²) in [4.78, 5) is 12.1. The molecule has 0 saturated heterocycles. The van der Waals surface area contributed by atoms with Gasteiger partial charge in [-0.05, 0) is 64.8 Å². The highest BCUT2D eigenvalue weighted by atomic mass is 79.9. The van der Waals surface area contributed by atoms with Crippen LogP contribution in [0.4, 0.5) is 5.69 Å². The van der Waals surface area contributed by atoms with Crippen LogP contribution in [0, 0.1) is 6.92 Å². The Morgan fingerprint density at radius 2 is 1.89 bits per heavy atom. The summed E-state index contributed by atoms with van der Waals surface area (Å²) < 4.78 is 0.731. The number of nitrogens with one attached hydrogen (secondary N) is 1. The summed E-state index contributed by atoms with van der Waals surface area (Å²) in [5, 5.41) is 3.93. The summed E-state index contributed by atoms with van der Waals surface area (Å²) in [6, 6.07) is 10.4. The van der Waals surface area contributed by atoms with Crippen LogP contribution in [0.3, 0.4) is 0 Å². The number of halogens is 3. The monoisotopic (exact) mass is 357 g/mol. The smallest absolute Gasteiger partial charge is 0.255 e. The Labute approximate surface area is 129 Å². The van der Waals surface area contributed by atoms with Gasteiger partial charge in [0.1, 0.15) is 0 Å². The Morgan fingerprint density at radius 3 is 2.53 bits per heavy atom. The summed E-state index contributed by atoms with van der Waals surface area (Å²) in [7, 11) is 0. The fraction of sp³-hybridized carbons (Fsp3) is 0.0714. The van der Waals surface area contributed by atoms with Gasteiger partial charge in [-0.3, -0.25) is 4.79 Å². The maximum Gasteiger partial charge on any atom is 0.255 e. The van der Waals surface area contributed by atoms with Gasteiger partial charge in [-0.25, -0.2) is 0 Å². The van der Waals surface area contributed by atoms with Gasteiger partial charge < -0.3 is 5.32 Å². The number of carbonyl (C=O) groups is 1. The lowest BCUT2D eigenvalue weighted by molar-refractivity contribution is 0.102. The number of hydrogen-bond acceptors (Lipinski definition) is 1. The molecule has 0 unspecified atom stereocenters. The van der Waals surface area contributed by atoms with Crippen LogP contribution < -0.4 is 5.32 Å². The van der Waals surface area contributed by atoms with Crippen molar-refractivity contribution >= 4 is 50.7 Å². The van der Waals surface area contributed by atoms with Crippen LogP contribution in [-0.4, -0.2) is 5.91 Å². The number of anilines is 1. The number of amides is 1. The Bertz CT molecular complexity index is 623. The molecular weight excluding hydrogens is 349 g/mol. The molecule has 2 rings (SSSR count). The fourth-order valence-electron chi connectivity index (χ4n) is 1.64. The summed E-state index contributed by atoms with van der Waals surface area (Å²) >= 11 is 15.1. The molecule has 0 saturated carbocycles. The fourth-order valence-corrected chi connectivity index (χ4v) is 2.43. The van der Waals surface area contributed by atoms with E-state index < -0.39 is 0 Å². The van der Waals surface area contributed by atoms with E-state index in [1.54, 1.807) is 36.4 Å². The van der Waals surface area contributed by atoms with Crippen molar-refractivity contribution in [1.29, 1.82) is 0 Å². The third kappa shape index (κ3) is 3.72. The normalized spacial score (nSPS) is 10.3. The number of rotatable bonds is 2. The highest BCUT2D eigenvalue weighted by molar-refractivity contribution is 9.10. The van der Waals surface area contributed by atoms with Gasteiger partial charge in [-0.2, -0.15) is 0 Å². The van der Waals surface area contributed by atoms with E-state index in [0.29, 0.717) is 21.3 Å². The van der Waals surface area contributed by atoms with Crippen molar-refractivity contribution < 1.29 is 4.79 Å². The van der Waals surface area contributed by atoms with E-state index in [1.807, 2.05) is 6.92 Å². The second-order valence-electron chi connectivity index (χ2n) is 4.10. The maximum absolute atomic E-state index is 12.1. The molecule has 2 aromatic carbocycles. The summed E-state index contributed by atoms with van der Waals surface area (Å²) in [6.45, 7) is 1.89. The van der Waals surface area contributed by atoms with Crippen LogP contribution in [0.15, 0.2) is 40.9 Å². The zero-order valence-corrected chi connectivity index (χ0v) is 13.1. The Morgan fingerprint density at radius 1 is 1.16 bits per heavy atom. The van der Waals surface area contributed by atoms with Crippen LogP contribution >= 0.6 is 39.1 Å². The average Bonchev–Trinajstić information content (AvgIpc) is 2.32. The van der Waals surface area contributed by atoms with E-state index in [9.17, 15) is 4.79 Å². The molecule has 5 heteroatoms. The zero-order valence-electron chi connectivity index (χ0n) is 10.0. The predicted octanol–water partition coefficient (Wildman–Crippen LogP) is 5.32. The molecule has 0 atom stereocenters. The molecule has 1 N–H and O–H groups in total. The van der Waals surface area contributed by atoms with E-state index in [2.05, 4.69) is 21.2 Å². The van der Waals surface area contributed by atoms with Gasteiger partial charge in [0.15, 0.2) is 0 Å². The third-order valence-electron chi connectivity index (χ3n) is 2.48. The molecule has 0 aromatic heterocycles. The van der Waals surface area contributed by atoms with Gasteiger partial charge in [0.05, 0.1) is 5.02 Å². The van der Waals surface area contributed by atoms with Crippen molar-refractivity contribution in [3.05, 3.63) is 62.0 Å². The molecular formula is C14H10BrCl2NO. The second kappa shape index (κ2) is 5.95. The van der Waals surface area contributed by atoms with Gasteiger partial charge in [0.2, 0.25) is 0 Å². The van der Waals surface area contributed by atoms with Gasteiger partial charge in [0, 0.05) is 20.7 Å². The quantitative estimate of drug-likeness (QED) is 0.773. The third-order valence-corrected chi connectivity index (χ3v) is 3.91. The molecule has 0 bridgehead atoms. The molecule has 0 radical (unpaired) electrons. The molecule has 1 amide bonds. The molecule has 2 aromatic rings. The molecule has 0 spiro atoms. The molecule has 19 heavy (non-hydrogen) atoms. The Kier molecular flexibility index (Phi) is 4.50. The zero-order chi connectivity index (χ0) is 14.0. The van der Waals surface area contributed by atoms with Crippen LogP contribution in [0.25, 0.3) is 0 Å². The highest BCUT2D eigenvalue weighted by Gasteiger charge is 2.08. The highest BCUT2D eigenvalue weighted by Crippen LogP contribution is 2.26. The van der Waals surface area contributed by atoms with Crippen molar-refractivity contribution in [3.63, 3.8) is 0 Å². The van der Waals surface area contributed by atoms with Crippen molar-refractivity contribution in [3.8, 4) is 0 Å². The van der Waals surface area contributed by atoms with Crippen LogP contribution in [0.5, 0.6) is 0 Å². The first-order valence-corrected chi connectivity index (χ1v) is 7.04. The molecule has 0 heterocycles. The minimum Gasteiger partial charge on any atom is -0.322 e. The summed E-state index contributed by atoms with van der Waals surface area (Å²) in [5.41, 5.74) is 2.13. The number of benzene rings is 2. The van der Waals surface area contributed by atoms with E-state index >= 15 is 0 Å². The Hall–Kier alpha value is -1.03. The summed E-state index contributed by atoms with van der Waals surface area (Å²) in [5.74, 6) is -0.208. The maximum atomic E-state index is 12.1. The standard InChI is InChI=1S/C14H10BrCl2NO/c1-8-4-9(6-10(16)5-8)14(19)18-11-2-3-13(17)12(15)7-11/h2-7H,1H3,(H,18,19). The van der Waals surface area contributed by atoms with Crippen molar-refractivity contribution in [2.24, 2.45) is 0 Å². The second-order valence-corrected chi connectivity index (χ2v) is 5.80. The van der Waals surface area contributed by atoms with Crippen molar-refractivity contribution in [2.45, 2.75) is 6.92 Å². The van der Waals surface area contributed by atoms with Gasteiger partial charge in [-0.15, -0.1) is 0 Å². The topological polar surface area (TPSA) is 29.1 Å². The van der Waals surface area contributed by atoms with E-state index in [4.69, 9.17) is 23.2 Å². The Balaban J connectivity index is 2.22. The lowest BCUT2D eigenvalue weighted by Crippen LogP contribution is -2.12. The van der Waals surface area contributed by atoms with E-state index in [-0.39, 0.29) is 5.91 Å². The SMILES string of the molecule is Cc1cc(Cl)cc(C(=O)Nc2ccc(Cl)c(Br)c2)c1. The van der Waals surface area contributed by atoms with Gasteiger partial charge in [0.25, 0.3) is 5.91 Å². The molecule has 0 aliphatic heterocycles. The largest absolute Gasteiger partial charge is 0.322 e. The summed E-state index contributed by atoms with van der Waals surface area (Å²) in [6.07, 6.45) is 0. The first kappa shape index (κ1) is 14.4. The van der Waals surface area contributed by atoms with Crippen LogP contribution in [0.1, 0.15) is 15.9 Å². The van der Waals surface area contributed by atoms with Crippen LogP contribution in [0.2, 0.25) is 10.0 Å². The van der Waals surface area contributed by atoms with E-state index in [1.165, 1.54) is 0 Å².